The van der Waals surface area contributed by atoms with Crippen LogP contribution in [0, 0.1) is 5.92 Å². The second-order valence-electron chi connectivity index (χ2n) is 7.89. The van der Waals surface area contributed by atoms with E-state index in [0.29, 0.717) is 26.1 Å². The van der Waals surface area contributed by atoms with Gasteiger partial charge in [-0.2, -0.15) is 0 Å². The quantitative estimate of drug-likeness (QED) is 0.778. The number of nitrogens with one attached hydrogen (secondary N) is 1. The lowest BCUT2D eigenvalue weighted by Crippen LogP contribution is -2.50. The van der Waals surface area contributed by atoms with Gasteiger partial charge >= 0.3 is 0 Å². The Morgan fingerprint density at radius 1 is 1.18 bits per heavy atom. The van der Waals surface area contributed by atoms with Gasteiger partial charge in [-0.1, -0.05) is 37.3 Å². The molecule has 0 spiro atoms. The molecule has 2 atom stereocenters. The molecule has 2 aliphatic rings. The van der Waals surface area contributed by atoms with Crippen molar-refractivity contribution in [2.75, 3.05) is 39.3 Å². The molecule has 1 N–H and O–H groups in total. The van der Waals surface area contributed by atoms with Crippen LogP contribution >= 0.6 is 0 Å². The number of hydrogen-bond donors (Lipinski definition) is 1. The van der Waals surface area contributed by atoms with Gasteiger partial charge in [0.15, 0.2) is 0 Å². The second-order valence-corrected chi connectivity index (χ2v) is 7.89. The first-order valence-corrected chi connectivity index (χ1v) is 10.6. The first kappa shape index (κ1) is 20.8. The van der Waals surface area contributed by atoms with Gasteiger partial charge in [0.05, 0.1) is 18.6 Å². The summed E-state index contributed by atoms with van der Waals surface area (Å²) in [6, 6.07) is 10.4. The van der Waals surface area contributed by atoms with Crippen molar-refractivity contribution in [1.82, 2.24) is 15.1 Å². The van der Waals surface area contributed by atoms with Crippen LogP contribution in [0.4, 0.5) is 0 Å². The maximum atomic E-state index is 12.6. The van der Waals surface area contributed by atoms with Crippen molar-refractivity contribution < 1.29 is 14.3 Å². The molecular formula is C22H33N3O3. The van der Waals surface area contributed by atoms with Gasteiger partial charge in [0.1, 0.15) is 0 Å². The summed E-state index contributed by atoms with van der Waals surface area (Å²) in [5, 5.41) is 3.07. The van der Waals surface area contributed by atoms with E-state index >= 15 is 0 Å². The van der Waals surface area contributed by atoms with Gasteiger partial charge in [-0.3, -0.25) is 14.5 Å². The minimum Gasteiger partial charge on any atom is -0.374 e. The maximum absolute atomic E-state index is 12.6. The standard InChI is InChI=1S/C22H33N3O3/c1-2-7-21(26)25-11-6-10-19(16-25)22(27)23-14-20-17-24(12-13-28-20)15-18-8-4-3-5-9-18/h3-5,8-9,19-20H,2,6-7,10-17H2,1H3,(H,23,27). The van der Waals surface area contributed by atoms with Gasteiger partial charge in [0, 0.05) is 45.7 Å². The lowest BCUT2D eigenvalue weighted by atomic mass is 9.96. The van der Waals surface area contributed by atoms with Gasteiger partial charge in [0.2, 0.25) is 11.8 Å². The molecule has 28 heavy (non-hydrogen) atoms. The molecule has 0 radical (unpaired) electrons. The van der Waals surface area contributed by atoms with Gasteiger partial charge < -0.3 is 15.0 Å². The third kappa shape index (κ3) is 6.04. The Morgan fingerprint density at radius 3 is 2.79 bits per heavy atom. The van der Waals surface area contributed by atoms with Crippen molar-refractivity contribution in [3.05, 3.63) is 35.9 Å². The molecule has 154 valence electrons. The topological polar surface area (TPSA) is 61.9 Å². The highest BCUT2D eigenvalue weighted by Crippen LogP contribution is 2.18. The number of nitrogens with zero attached hydrogens (tertiary/aromatic N) is 2. The molecule has 2 aliphatic heterocycles. The second kappa shape index (κ2) is 10.6. The first-order chi connectivity index (χ1) is 13.7. The zero-order valence-corrected chi connectivity index (χ0v) is 16.9. The normalized spacial score (nSPS) is 23.4. The Morgan fingerprint density at radius 2 is 2.00 bits per heavy atom. The molecule has 2 unspecified atom stereocenters. The third-order valence-corrected chi connectivity index (χ3v) is 5.58. The van der Waals surface area contributed by atoms with Crippen LogP contribution in [0.2, 0.25) is 0 Å². The summed E-state index contributed by atoms with van der Waals surface area (Å²) in [7, 11) is 0. The molecule has 2 heterocycles. The van der Waals surface area contributed by atoms with Crippen LogP contribution in [-0.4, -0.2) is 67.0 Å². The molecule has 3 rings (SSSR count). The lowest BCUT2D eigenvalue weighted by Gasteiger charge is -2.34. The average molecular weight is 388 g/mol. The van der Waals surface area contributed by atoms with E-state index in [-0.39, 0.29) is 23.8 Å². The minimum absolute atomic E-state index is 0.0165. The lowest BCUT2D eigenvalue weighted by molar-refractivity contribution is -0.136. The maximum Gasteiger partial charge on any atom is 0.224 e. The van der Waals surface area contributed by atoms with Gasteiger partial charge in [-0.15, -0.1) is 0 Å². The van der Waals surface area contributed by atoms with Gasteiger partial charge in [0.25, 0.3) is 0 Å². The average Bonchev–Trinajstić information content (AvgIpc) is 2.73. The van der Waals surface area contributed by atoms with E-state index in [1.807, 2.05) is 17.9 Å². The smallest absolute Gasteiger partial charge is 0.224 e. The molecule has 0 bridgehead atoms. The van der Waals surface area contributed by atoms with E-state index in [1.54, 1.807) is 0 Å². The Balaban J connectivity index is 1.43. The van der Waals surface area contributed by atoms with E-state index in [4.69, 9.17) is 4.74 Å². The monoisotopic (exact) mass is 387 g/mol. The zero-order chi connectivity index (χ0) is 19.8. The van der Waals surface area contributed by atoms with Crippen LogP contribution in [0.25, 0.3) is 0 Å². The summed E-state index contributed by atoms with van der Waals surface area (Å²) in [5.41, 5.74) is 1.30. The van der Waals surface area contributed by atoms with Crippen molar-refractivity contribution in [3.63, 3.8) is 0 Å². The Hall–Kier alpha value is -1.92. The van der Waals surface area contributed by atoms with Gasteiger partial charge in [-0.05, 0) is 24.8 Å². The Kier molecular flexibility index (Phi) is 7.86. The number of carbonyl (C=O) groups excluding carboxylic acids is 2. The van der Waals surface area contributed by atoms with E-state index in [0.717, 1.165) is 45.4 Å². The van der Waals surface area contributed by atoms with Crippen molar-refractivity contribution in [2.45, 2.75) is 45.3 Å². The van der Waals surface area contributed by atoms with Crippen LogP contribution in [0.1, 0.15) is 38.2 Å². The van der Waals surface area contributed by atoms with Crippen molar-refractivity contribution >= 4 is 11.8 Å². The van der Waals surface area contributed by atoms with Crippen molar-refractivity contribution in [2.24, 2.45) is 5.92 Å². The molecule has 2 amide bonds. The number of carbonyl (C=O) groups is 2. The van der Waals surface area contributed by atoms with Crippen LogP contribution in [0.5, 0.6) is 0 Å². The van der Waals surface area contributed by atoms with Crippen LogP contribution < -0.4 is 5.32 Å². The highest BCUT2D eigenvalue weighted by Gasteiger charge is 2.29. The van der Waals surface area contributed by atoms with E-state index in [1.165, 1.54) is 5.56 Å². The van der Waals surface area contributed by atoms with Gasteiger partial charge in [-0.25, -0.2) is 0 Å². The molecule has 0 saturated carbocycles. The summed E-state index contributed by atoms with van der Waals surface area (Å²) >= 11 is 0. The molecule has 1 aromatic carbocycles. The fourth-order valence-corrected chi connectivity index (χ4v) is 4.04. The fraction of sp³-hybridized carbons (Fsp3) is 0.636. The zero-order valence-electron chi connectivity index (χ0n) is 16.9. The van der Waals surface area contributed by atoms with Crippen LogP contribution in [-0.2, 0) is 20.9 Å². The molecule has 2 saturated heterocycles. The molecular weight excluding hydrogens is 354 g/mol. The number of benzene rings is 1. The number of piperidine rings is 1. The molecule has 6 nitrogen and oxygen atoms in total. The predicted molar refractivity (Wildman–Crippen MR) is 109 cm³/mol. The van der Waals surface area contributed by atoms with Crippen molar-refractivity contribution in [1.29, 1.82) is 0 Å². The predicted octanol–water partition coefficient (Wildman–Crippen LogP) is 2.04. The first-order valence-electron chi connectivity index (χ1n) is 10.6. The highest BCUT2D eigenvalue weighted by atomic mass is 16.5. The summed E-state index contributed by atoms with van der Waals surface area (Å²) < 4.78 is 5.85. The van der Waals surface area contributed by atoms with Crippen LogP contribution in [0.3, 0.4) is 0 Å². The summed E-state index contributed by atoms with van der Waals surface area (Å²) in [5.74, 6) is 0.128. The molecule has 1 aromatic rings. The molecule has 6 heteroatoms. The van der Waals surface area contributed by atoms with Crippen LogP contribution in [0.15, 0.2) is 30.3 Å². The number of ether oxygens (including phenoxy) is 1. The minimum atomic E-state index is -0.0985. The fourth-order valence-electron chi connectivity index (χ4n) is 4.04. The largest absolute Gasteiger partial charge is 0.374 e. The van der Waals surface area contributed by atoms with E-state index < -0.39 is 0 Å². The Bertz CT molecular complexity index is 637. The Labute approximate surface area is 168 Å². The van der Waals surface area contributed by atoms with E-state index in [2.05, 4.69) is 34.5 Å². The molecule has 0 aliphatic carbocycles. The summed E-state index contributed by atoms with van der Waals surface area (Å²) in [4.78, 5) is 29.0. The third-order valence-electron chi connectivity index (χ3n) is 5.58. The van der Waals surface area contributed by atoms with Crippen molar-refractivity contribution in [3.8, 4) is 0 Å². The number of hydrogen-bond acceptors (Lipinski definition) is 4. The number of amides is 2. The molecule has 0 aromatic heterocycles. The number of likely N-dealkylation sites (tertiary alicyclic amines) is 1. The molecule has 2 fully saturated rings. The number of rotatable bonds is 7. The summed E-state index contributed by atoms with van der Waals surface area (Å²) in [6.07, 6.45) is 3.19. The summed E-state index contributed by atoms with van der Waals surface area (Å²) in [6.45, 7) is 7.21. The van der Waals surface area contributed by atoms with E-state index in [9.17, 15) is 9.59 Å². The SMILES string of the molecule is CCCC(=O)N1CCCC(C(=O)NCC2CN(Cc3ccccc3)CCO2)C1. The highest BCUT2D eigenvalue weighted by molar-refractivity contribution is 5.81. The number of morpholine rings is 1.